The van der Waals surface area contributed by atoms with E-state index >= 15 is 0 Å². The maximum atomic E-state index is 12.1. The van der Waals surface area contributed by atoms with Crippen LogP contribution >= 0.6 is 0 Å². The third kappa shape index (κ3) is 6.79. The van der Waals surface area contributed by atoms with Gasteiger partial charge in [0.1, 0.15) is 11.5 Å². The lowest BCUT2D eigenvalue weighted by Crippen LogP contribution is -2.33. The van der Waals surface area contributed by atoms with E-state index in [1.54, 1.807) is 12.1 Å². The summed E-state index contributed by atoms with van der Waals surface area (Å²) >= 11 is 0. The van der Waals surface area contributed by atoms with E-state index in [4.69, 9.17) is 4.74 Å². The minimum atomic E-state index is 0.0152. The standard InChI is InChI=1S/C22H29NO3/c1-16(2)26-20-13-10-18(11-14-20)9-8-17(3)23-22(25)15-12-19-6-4-5-7-21(19)24/h4-7,10-11,13-14,16-17,24H,8-9,12,15H2,1-3H3,(H,23,25). The van der Waals surface area contributed by atoms with E-state index in [1.807, 2.05) is 45.0 Å². The Morgan fingerprint density at radius 2 is 1.73 bits per heavy atom. The first-order chi connectivity index (χ1) is 12.4. The Morgan fingerprint density at radius 3 is 2.38 bits per heavy atom. The van der Waals surface area contributed by atoms with Crippen LogP contribution in [0.3, 0.4) is 0 Å². The number of benzene rings is 2. The molecule has 0 aliphatic heterocycles. The highest BCUT2D eigenvalue weighted by atomic mass is 16.5. The third-order valence-electron chi connectivity index (χ3n) is 4.18. The molecular weight excluding hydrogens is 326 g/mol. The van der Waals surface area contributed by atoms with E-state index in [-0.39, 0.29) is 23.8 Å². The number of phenols is 1. The predicted molar refractivity (Wildman–Crippen MR) is 105 cm³/mol. The number of aryl methyl sites for hydroxylation is 2. The van der Waals surface area contributed by atoms with Crippen molar-refractivity contribution in [2.45, 2.75) is 58.6 Å². The van der Waals surface area contributed by atoms with E-state index < -0.39 is 0 Å². The summed E-state index contributed by atoms with van der Waals surface area (Å²) in [5.41, 5.74) is 2.04. The first-order valence-electron chi connectivity index (χ1n) is 9.26. The van der Waals surface area contributed by atoms with Crippen molar-refractivity contribution < 1.29 is 14.6 Å². The summed E-state index contributed by atoms with van der Waals surface area (Å²) in [5.74, 6) is 1.15. The molecule has 0 radical (unpaired) electrons. The molecule has 0 fully saturated rings. The molecule has 1 atom stereocenters. The molecule has 0 aliphatic rings. The van der Waals surface area contributed by atoms with Gasteiger partial charge in [-0.2, -0.15) is 0 Å². The lowest BCUT2D eigenvalue weighted by Gasteiger charge is -2.14. The van der Waals surface area contributed by atoms with Crippen LogP contribution in [0.4, 0.5) is 0 Å². The van der Waals surface area contributed by atoms with Gasteiger partial charge < -0.3 is 15.2 Å². The van der Waals surface area contributed by atoms with Crippen LogP contribution < -0.4 is 10.1 Å². The van der Waals surface area contributed by atoms with Crippen molar-refractivity contribution >= 4 is 5.91 Å². The first kappa shape index (κ1) is 19.8. The molecule has 4 heteroatoms. The monoisotopic (exact) mass is 355 g/mol. The van der Waals surface area contributed by atoms with Crippen LogP contribution in [-0.4, -0.2) is 23.2 Å². The largest absolute Gasteiger partial charge is 0.508 e. The van der Waals surface area contributed by atoms with Crippen LogP contribution in [0.5, 0.6) is 11.5 Å². The minimum Gasteiger partial charge on any atom is -0.508 e. The summed E-state index contributed by atoms with van der Waals surface area (Å²) in [6.45, 7) is 6.04. The lowest BCUT2D eigenvalue weighted by molar-refractivity contribution is -0.121. The van der Waals surface area contributed by atoms with Gasteiger partial charge in [-0.3, -0.25) is 4.79 Å². The van der Waals surface area contributed by atoms with E-state index in [0.717, 1.165) is 24.2 Å². The molecule has 2 rings (SSSR count). The molecule has 26 heavy (non-hydrogen) atoms. The van der Waals surface area contributed by atoms with Crippen molar-refractivity contribution in [2.24, 2.45) is 0 Å². The van der Waals surface area contributed by atoms with Crippen molar-refractivity contribution in [3.8, 4) is 11.5 Å². The molecule has 2 aromatic carbocycles. The van der Waals surface area contributed by atoms with Crippen LogP contribution in [0.2, 0.25) is 0 Å². The van der Waals surface area contributed by atoms with E-state index in [1.165, 1.54) is 5.56 Å². The van der Waals surface area contributed by atoms with Gasteiger partial charge in [-0.05, 0) is 69.4 Å². The highest BCUT2D eigenvalue weighted by Crippen LogP contribution is 2.17. The Balaban J connectivity index is 1.71. The summed E-state index contributed by atoms with van der Waals surface area (Å²) in [5, 5.41) is 12.8. The molecule has 0 aromatic heterocycles. The Hall–Kier alpha value is -2.49. The van der Waals surface area contributed by atoms with Gasteiger partial charge in [0.2, 0.25) is 5.91 Å². The number of ether oxygens (including phenoxy) is 1. The number of para-hydroxylation sites is 1. The maximum Gasteiger partial charge on any atom is 0.220 e. The van der Waals surface area contributed by atoms with Crippen LogP contribution in [-0.2, 0) is 17.6 Å². The molecule has 0 heterocycles. The molecular formula is C22H29NO3. The number of amides is 1. The van der Waals surface area contributed by atoms with Crippen LogP contribution in [0, 0.1) is 0 Å². The second-order valence-corrected chi connectivity index (χ2v) is 6.95. The number of hydrogen-bond acceptors (Lipinski definition) is 3. The van der Waals surface area contributed by atoms with Gasteiger partial charge >= 0.3 is 0 Å². The van der Waals surface area contributed by atoms with E-state index in [9.17, 15) is 9.90 Å². The molecule has 0 spiro atoms. The second kappa shape index (κ2) is 9.85. The number of carbonyl (C=O) groups is 1. The topological polar surface area (TPSA) is 58.6 Å². The fraction of sp³-hybridized carbons (Fsp3) is 0.409. The molecule has 2 N–H and O–H groups in total. The van der Waals surface area contributed by atoms with E-state index in [0.29, 0.717) is 12.8 Å². The zero-order valence-electron chi connectivity index (χ0n) is 15.9. The zero-order chi connectivity index (χ0) is 18.9. The van der Waals surface area contributed by atoms with Gasteiger partial charge in [-0.1, -0.05) is 30.3 Å². The highest BCUT2D eigenvalue weighted by molar-refractivity contribution is 5.76. The van der Waals surface area contributed by atoms with Gasteiger partial charge in [0.25, 0.3) is 0 Å². The molecule has 2 aromatic rings. The van der Waals surface area contributed by atoms with Gasteiger partial charge in [0.05, 0.1) is 6.10 Å². The number of aromatic hydroxyl groups is 1. The van der Waals surface area contributed by atoms with Crippen molar-refractivity contribution in [3.63, 3.8) is 0 Å². The maximum absolute atomic E-state index is 12.1. The van der Waals surface area contributed by atoms with Crippen molar-refractivity contribution in [1.29, 1.82) is 0 Å². The average molecular weight is 355 g/mol. The number of hydrogen-bond donors (Lipinski definition) is 2. The summed E-state index contributed by atoms with van der Waals surface area (Å²) < 4.78 is 5.64. The van der Waals surface area contributed by atoms with Gasteiger partial charge in [-0.25, -0.2) is 0 Å². The van der Waals surface area contributed by atoms with Crippen molar-refractivity contribution in [2.75, 3.05) is 0 Å². The van der Waals surface area contributed by atoms with Crippen molar-refractivity contribution in [3.05, 3.63) is 59.7 Å². The number of rotatable bonds is 9. The quantitative estimate of drug-likeness (QED) is 0.707. The zero-order valence-corrected chi connectivity index (χ0v) is 15.9. The number of carbonyl (C=O) groups excluding carboxylic acids is 1. The highest BCUT2D eigenvalue weighted by Gasteiger charge is 2.09. The van der Waals surface area contributed by atoms with Crippen molar-refractivity contribution in [1.82, 2.24) is 5.32 Å². The minimum absolute atomic E-state index is 0.0152. The number of nitrogens with one attached hydrogen (secondary N) is 1. The first-order valence-corrected chi connectivity index (χ1v) is 9.26. The van der Waals surface area contributed by atoms with Crippen LogP contribution in [0.1, 0.15) is 44.7 Å². The molecule has 4 nitrogen and oxygen atoms in total. The molecule has 140 valence electrons. The molecule has 0 aliphatic carbocycles. The van der Waals surface area contributed by atoms with Crippen LogP contribution in [0.15, 0.2) is 48.5 Å². The van der Waals surface area contributed by atoms with Crippen LogP contribution in [0.25, 0.3) is 0 Å². The molecule has 0 bridgehead atoms. The molecule has 1 amide bonds. The normalized spacial score (nSPS) is 12.0. The smallest absolute Gasteiger partial charge is 0.220 e. The average Bonchev–Trinajstić information content (AvgIpc) is 2.60. The predicted octanol–water partition coefficient (Wildman–Crippen LogP) is 4.25. The molecule has 0 saturated carbocycles. The Kier molecular flexibility index (Phi) is 7.52. The molecule has 1 unspecified atom stereocenters. The Labute approximate surface area is 156 Å². The Morgan fingerprint density at radius 1 is 1.04 bits per heavy atom. The fourth-order valence-electron chi connectivity index (χ4n) is 2.78. The summed E-state index contributed by atoms with van der Waals surface area (Å²) in [7, 11) is 0. The summed E-state index contributed by atoms with van der Waals surface area (Å²) in [6, 6.07) is 15.4. The van der Waals surface area contributed by atoms with Gasteiger partial charge in [0, 0.05) is 12.5 Å². The number of phenolic OH excluding ortho intramolecular Hbond substituents is 1. The van der Waals surface area contributed by atoms with Gasteiger partial charge in [-0.15, -0.1) is 0 Å². The summed E-state index contributed by atoms with van der Waals surface area (Å²) in [6.07, 6.45) is 2.88. The SMILES string of the molecule is CC(CCc1ccc(OC(C)C)cc1)NC(=O)CCc1ccccc1O. The lowest BCUT2D eigenvalue weighted by atomic mass is 10.1. The van der Waals surface area contributed by atoms with E-state index in [2.05, 4.69) is 17.4 Å². The fourth-order valence-corrected chi connectivity index (χ4v) is 2.78. The summed E-state index contributed by atoms with van der Waals surface area (Å²) in [4.78, 5) is 12.1. The third-order valence-corrected chi connectivity index (χ3v) is 4.18. The van der Waals surface area contributed by atoms with Gasteiger partial charge in [0.15, 0.2) is 0 Å². The second-order valence-electron chi connectivity index (χ2n) is 6.95. The Bertz CT molecular complexity index is 695. The molecule has 0 saturated heterocycles.